The summed E-state index contributed by atoms with van der Waals surface area (Å²) in [6.45, 7) is 0.968. The first-order chi connectivity index (χ1) is 15.9. The molecule has 4 rings (SSSR count). The molecule has 0 aliphatic heterocycles. The van der Waals surface area contributed by atoms with Crippen LogP contribution in [0.25, 0.3) is 22.2 Å². The molecular formula is C26H19ClN2O4. The summed E-state index contributed by atoms with van der Waals surface area (Å²) in [6.07, 6.45) is 0. The fourth-order valence-electron chi connectivity index (χ4n) is 3.33. The molecule has 0 aliphatic carbocycles. The minimum Gasteiger partial charge on any atom is -0.452 e. The van der Waals surface area contributed by atoms with E-state index in [1.807, 2.05) is 18.2 Å². The van der Waals surface area contributed by atoms with Gasteiger partial charge < -0.3 is 10.1 Å². The highest BCUT2D eigenvalue weighted by Gasteiger charge is 2.17. The van der Waals surface area contributed by atoms with E-state index >= 15 is 0 Å². The van der Waals surface area contributed by atoms with E-state index in [0.29, 0.717) is 38.4 Å². The number of nitrogens with zero attached hydrogens (tertiary/aromatic N) is 1. The summed E-state index contributed by atoms with van der Waals surface area (Å²) >= 11 is 5.98. The number of halogens is 1. The Hall–Kier alpha value is -4.03. The van der Waals surface area contributed by atoms with Crippen LogP contribution >= 0.6 is 11.6 Å². The number of Topliss-reactive ketones (excluding diaryl/α,β-unsaturated/α-hetero) is 1. The minimum atomic E-state index is -0.642. The third kappa shape index (κ3) is 5.25. The van der Waals surface area contributed by atoms with Crippen molar-refractivity contribution in [1.29, 1.82) is 0 Å². The molecule has 1 amide bonds. The second-order valence-electron chi connectivity index (χ2n) is 7.34. The molecule has 1 heterocycles. The number of amides is 1. The Morgan fingerprint density at radius 2 is 1.70 bits per heavy atom. The van der Waals surface area contributed by atoms with Gasteiger partial charge >= 0.3 is 5.97 Å². The average Bonchev–Trinajstić information content (AvgIpc) is 2.82. The van der Waals surface area contributed by atoms with Gasteiger partial charge in [-0.05, 0) is 43.3 Å². The van der Waals surface area contributed by atoms with Crippen LogP contribution in [0.4, 0.5) is 5.69 Å². The second-order valence-corrected chi connectivity index (χ2v) is 7.78. The van der Waals surface area contributed by atoms with Crippen molar-refractivity contribution in [2.24, 2.45) is 0 Å². The van der Waals surface area contributed by atoms with Crippen LogP contribution in [0.5, 0.6) is 0 Å². The number of ketones is 1. The number of hydrogen-bond donors (Lipinski definition) is 1. The largest absolute Gasteiger partial charge is 0.452 e. The number of rotatable bonds is 6. The number of hydrogen-bond acceptors (Lipinski definition) is 5. The Bertz CT molecular complexity index is 1370. The zero-order chi connectivity index (χ0) is 23.4. The summed E-state index contributed by atoms with van der Waals surface area (Å²) in [4.78, 5) is 41.4. The van der Waals surface area contributed by atoms with Gasteiger partial charge in [0, 0.05) is 27.2 Å². The van der Waals surface area contributed by atoms with Crippen molar-refractivity contribution in [3.63, 3.8) is 0 Å². The van der Waals surface area contributed by atoms with Crippen molar-refractivity contribution in [2.45, 2.75) is 6.92 Å². The quantitative estimate of drug-likeness (QED) is 0.302. The average molecular weight is 459 g/mol. The third-order valence-electron chi connectivity index (χ3n) is 4.96. The monoisotopic (exact) mass is 458 g/mol. The first kappa shape index (κ1) is 22.2. The number of benzene rings is 3. The lowest BCUT2D eigenvalue weighted by Crippen LogP contribution is -2.21. The van der Waals surface area contributed by atoms with Gasteiger partial charge in [-0.25, -0.2) is 9.78 Å². The van der Waals surface area contributed by atoms with Gasteiger partial charge in [-0.2, -0.15) is 0 Å². The molecule has 0 bridgehead atoms. The number of pyridine rings is 1. The number of carbonyl (C=O) groups excluding carboxylic acids is 3. The number of esters is 1. The van der Waals surface area contributed by atoms with E-state index in [0.717, 1.165) is 5.56 Å². The van der Waals surface area contributed by atoms with Gasteiger partial charge in [0.05, 0.1) is 16.8 Å². The molecule has 1 aromatic heterocycles. The maximum Gasteiger partial charge on any atom is 0.339 e. The van der Waals surface area contributed by atoms with Crippen molar-refractivity contribution in [1.82, 2.24) is 4.98 Å². The van der Waals surface area contributed by atoms with Crippen LogP contribution in [0.1, 0.15) is 27.6 Å². The third-order valence-corrected chi connectivity index (χ3v) is 5.22. The van der Waals surface area contributed by atoms with E-state index in [1.54, 1.807) is 60.7 Å². The Labute approximate surface area is 195 Å². The topological polar surface area (TPSA) is 85.4 Å². The molecule has 0 unspecified atom stereocenters. The Balaban J connectivity index is 1.54. The highest BCUT2D eigenvalue weighted by Crippen LogP contribution is 2.26. The molecule has 0 atom stereocenters. The lowest BCUT2D eigenvalue weighted by atomic mass is 10.0. The maximum atomic E-state index is 12.9. The highest BCUT2D eigenvalue weighted by molar-refractivity contribution is 6.30. The zero-order valence-corrected chi connectivity index (χ0v) is 18.4. The number of fused-ring (bicyclic) bond motifs is 1. The Kier molecular flexibility index (Phi) is 6.47. The van der Waals surface area contributed by atoms with E-state index in [2.05, 4.69) is 10.3 Å². The fraction of sp³-hybridized carbons (Fsp3) is 0.0769. The molecule has 0 aliphatic rings. The normalized spacial score (nSPS) is 10.6. The smallest absolute Gasteiger partial charge is 0.339 e. The molecule has 0 radical (unpaired) electrons. The Morgan fingerprint density at radius 1 is 0.939 bits per heavy atom. The van der Waals surface area contributed by atoms with Crippen molar-refractivity contribution in [2.75, 3.05) is 11.9 Å². The molecule has 7 heteroatoms. The van der Waals surface area contributed by atoms with Gasteiger partial charge in [0.15, 0.2) is 12.4 Å². The molecule has 6 nitrogen and oxygen atoms in total. The zero-order valence-electron chi connectivity index (χ0n) is 17.7. The number of carbonyl (C=O) groups is 3. The number of nitrogens with one attached hydrogen (secondary N) is 1. The summed E-state index contributed by atoms with van der Waals surface area (Å²) in [5.74, 6) is -1.27. The molecule has 0 saturated heterocycles. The van der Waals surface area contributed by atoms with Crippen LogP contribution in [-0.2, 0) is 9.53 Å². The van der Waals surface area contributed by atoms with Crippen LogP contribution in [0, 0.1) is 0 Å². The predicted molar refractivity (Wildman–Crippen MR) is 128 cm³/mol. The van der Waals surface area contributed by atoms with Crippen LogP contribution in [0.2, 0.25) is 5.02 Å². The van der Waals surface area contributed by atoms with Crippen LogP contribution in [-0.4, -0.2) is 29.3 Å². The molecule has 0 saturated carbocycles. The Morgan fingerprint density at radius 3 is 2.45 bits per heavy atom. The van der Waals surface area contributed by atoms with E-state index < -0.39 is 18.5 Å². The lowest BCUT2D eigenvalue weighted by Gasteiger charge is -2.11. The first-order valence-corrected chi connectivity index (χ1v) is 10.5. The van der Waals surface area contributed by atoms with E-state index in [-0.39, 0.29) is 5.78 Å². The summed E-state index contributed by atoms with van der Waals surface area (Å²) in [5.41, 5.74) is 3.23. The minimum absolute atomic E-state index is 0.112. The SMILES string of the molecule is CC(=O)c1cccc(NC(=O)COC(=O)c2cc(-c3ccc(Cl)cc3)nc3ccccc23)c1. The van der Waals surface area contributed by atoms with Gasteiger partial charge in [0.2, 0.25) is 0 Å². The number of anilines is 1. The second kappa shape index (κ2) is 9.63. The van der Waals surface area contributed by atoms with Crippen LogP contribution in [0.15, 0.2) is 78.9 Å². The van der Waals surface area contributed by atoms with Crippen molar-refractivity contribution in [3.05, 3.63) is 95.0 Å². The molecule has 0 spiro atoms. The fourth-order valence-corrected chi connectivity index (χ4v) is 3.46. The number of aromatic nitrogens is 1. The molecule has 1 N–H and O–H groups in total. The standard InChI is InChI=1S/C26H19ClN2O4/c1-16(30)18-5-4-6-20(13-18)28-25(31)15-33-26(32)22-14-24(17-9-11-19(27)12-10-17)29-23-8-3-2-7-21(22)23/h2-14H,15H2,1H3,(H,28,31). The van der Waals surface area contributed by atoms with Crippen molar-refractivity contribution in [3.8, 4) is 11.3 Å². The van der Waals surface area contributed by atoms with Crippen LogP contribution in [0.3, 0.4) is 0 Å². The van der Waals surface area contributed by atoms with Gasteiger partial charge in [-0.15, -0.1) is 0 Å². The predicted octanol–water partition coefficient (Wildman–Crippen LogP) is 5.55. The highest BCUT2D eigenvalue weighted by atomic mass is 35.5. The summed E-state index contributed by atoms with van der Waals surface area (Å²) < 4.78 is 5.29. The van der Waals surface area contributed by atoms with Crippen molar-refractivity contribution < 1.29 is 19.1 Å². The molecule has 4 aromatic rings. The molecule has 3 aromatic carbocycles. The molecule has 0 fully saturated rings. The number of ether oxygens (including phenoxy) is 1. The summed E-state index contributed by atoms with van der Waals surface area (Å²) in [5, 5.41) is 3.85. The van der Waals surface area contributed by atoms with Crippen molar-refractivity contribution >= 4 is 45.9 Å². The van der Waals surface area contributed by atoms with E-state index in [9.17, 15) is 14.4 Å². The lowest BCUT2D eigenvalue weighted by molar-refractivity contribution is -0.119. The van der Waals surface area contributed by atoms with Gasteiger partial charge in [-0.3, -0.25) is 9.59 Å². The van der Waals surface area contributed by atoms with Gasteiger partial charge in [0.1, 0.15) is 0 Å². The molecular weight excluding hydrogens is 440 g/mol. The summed E-state index contributed by atoms with van der Waals surface area (Å²) in [7, 11) is 0. The van der Waals surface area contributed by atoms with E-state index in [1.165, 1.54) is 6.92 Å². The molecule has 164 valence electrons. The maximum absolute atomic E-state index is 12.9. The van der Waals surface area contributed by atoms with E-state index in [4.69, 9.17) is 16.3 Å². The summed E-state index contributed by atoms with van der Waals surface area (Å²) in [6, 6.07) is 22.5. The first-order valence-electron chi connectivity index (χ1n) is 10.1. The van der Waals surface area contributed by atoms with Gasteiger partial charge in [-0.1, -0.05) is 54.1 Å². The molecule has 33 heavy (non-hydrogen) atoms. The number of para-hydroxylation sites is 1. The van der Waals surface area contributed by atoms with Crippen LogP contribution < -0.4 is 5.32 Å². The van der Waals surface area contributed by atoms with Gasteiger partial charge in [0.25, 0.3) is 5.91 Å².